The summed E-state index contributed by atoms with van der Waals surface area (Å²) >= 11 is 0. The van der Waals surface area contributed by atoms with Gasteiger partial charge in [0, 0.05) is 56.2 Å². The fourth-order valence-corrected chi connectivity index (χ4v) is 3.46. The van der Waals surface area contributed by atoms with Gasteiger partial charge in [-0.1, -0.05) is 6.07 Å². The van der Waals surface area contributed by atoms with Crippen molar-refractivity contribution in [1.82, 2.24) is 29.4 Å². The van der Waals surface area contributed by atoms with Crippen LogP contribution in [0.2, 0.25) is 0 Å². The molecule has 4 rings (SSSR count). The van der Waals surface area contributed by atoms with Gasteiger partial charge in [-0.05, 0) is 37.4 Å². The van der Waals surface area contributed by atoms with Crippen LogP contribution in [0.25, 0.3) is 11.5 Å². The van der Waals surface area contributed by atoms with Gasteiger partial charge in [0.2, 0.25) is 0 Å². The van der Waals surface area contributed by atoms with Gasteiger partial charge in [-0.2, -0.15) is 0 Å². The van der Waals surface area contributed by atoms with Crippen molar-refractivity contribution in [3.05, 3.63) is 61.1 Å². The summed E-state index contributed by atoms with van der Waals surface area (Å²) in [5.74, 6) is 1.36. The van der Waals surface area contributed by atoms with Crippen LogP contribution in [0.3, 0.4) is 0 Å². The lowest BCUT2D eigenvalue weighted by atomic mass is 9.97. The molecule has 128 valence electrons. The summed E-state index contributed by atoms with van der Waals surface area (Å²) in [7, 11) is 0. The predicted molar refractivity (Wildman–Crippen MR) is 95.5 cm³/mol. The van der Waals surface area contributed by atoms with E-state index in [1.54, 1.807) is 6.20 Å². The summed E-state index contributed by atoms with van der Waals surface area (Å²) in [5, 5.41) is 0. The molecule has 1 atom stereocenters. The highest BCUT2D eigenvalue weighted by Crippen LogP contribution is 2.20. The van der Waals surface area contributed by atoms with E-state index in [4.69, 9.17) is 0 Å². The zero-order chi connectivity index (χ0) is 16.9. The second kappa shape index (κ2) is 7.53. The summed E-state index contributed by atoms with van der Waals surface area (Å²) in [5.41, 5.74) is 1.97. The molecule has 25 heavy (non-hydrogen) atoms. The summed E-state index contributed by atoms with van der Waals surface area (Å²) in [6.07, 6.45) is 13.9. The molecule has 1 aliphatic rings. The molecule has 0 saturated carbocycles. The summed E-state index contributed by atoms with van der Waals surface area (Å²) in [6, 6.07) is 5.78. The molecule has 0 spiro atoms. The molecular formula is C19H22N6. The first-order valence-electron chi connectivity index (χ1n) is 8.77. The van der Waals surface area contributed by atoms with Crippen molar-refractivity contribution in [2.45, 2.75) is 25.9 Å². The minimum absolute atomic E-state index is 0.677. The summed E-state index contributed by atoms with van der Waals surface area (Å²) < 4.78 is 2.18. The zero-order valence-electron chi connectivity index (χ0n) is 14.2. The largest absolute Gasteiger partial charge is 0.337 e. The first-order valence-corrected chi connectivity index (χ1v) is 8.77. The Balaban J connectivity index is 1.36. The number of likely N-dealkylation sites (tertiary alicyclic amines) is 1. The maximum atomic E-state index is 4.48. The van der Waals surface area contributed by atoms with Crippen molar-refractivity contribution >= 4 is 0 Å². The van der Waals surface area contributed by atoms with Gasteiger partial charge < -0.3 is 4.57 Å². The van der Waals surface area contributed by atoms with Gasteiger partial charge in [0.1, 0.15) is 5.69 Å². The first-order chi connectivity index (χ1) is 12.4. The van der Waals surface area contributed by atoms with Gasteiger partial charge >= 0.3 is 0 Å². The Kier molecular flexibility index (Phi) is 4.79. The van der Waals surface area contributed by atoms with E-state index in [0.29, 0.717) is 11.7 Å². The van der Waals surface area contributed by atoms with Gasteiger partial charge in [0.15, 0.2) is 5.82 Å². The number of rotatable bonds is 5. The monoisotopic (exact) mass is 334 g/mol. The van der Waals surface area contributed by atoms with E-state index in [1.807, 2.05) is 49.3 Å². The highest BCUT2D eigenvalue weighted by Gasteiger charge is 2.20. The molecule has 0 unspecified atom stereocenters. The Morgan fingerprint density at radius 3 is 2.76 bits per heavy atom. The minimum Gasteiger partial charge on any atom is -0.337 e. The van der Waals surface area contributed by atoms with Crippen molar-refractivity contribution in [3.63, 3.8) is 0 Å². The average molecular weight is 334 g/mol. The van der Waals surface area contributed by atoms with Crippen molar-refractivity contribution in [3.8, 4) is 11.5 Å². The van der Waals surface area contributed by atoms with E-state index in [9.17, 15) is 0 Å². The van der Waals surface area contributed by atoms with Crippen LogP contribution in [0.5, 0.6) is 0 Å². The molecule has 3 aromatic rings. The lowest BCUT2D eigenvalue weighted by molar-refractivity contribution is 0.155. The Labute approximate surface area is 147 Å². The molecule has 1 fully saturated rings. The predicted octanol–water partition coefficient (Wildman–Crippen LogP) is 2.65. The average Bonchev–Trinajstić information content (AvgIpc) is 3.16. The molecule has 4 heterocycles. The van der Waals surface area contributed by atoms with Crippen molar-refractivity contribution in [1.29, 1.82) is 0 Å². The van der Waals surface area contributed by atoms with Gasteiger partial charge in [-0.3, -0.25) is 9.88 Å². The molecule has 3 aromatic heterocycles. The molecule has 0 N–H and O–H groups in total. The van der Waals surface area contributed by atoms with Gasteiger partial charge in [-0.15, -0.1) is 0 Å². The van der Waals surface area contributed by atoms with E-state index in [0.717, 1.165) is 37.4 Å². The zero-order valence-corrected chi connectivity index (χ0v) is 14.2. The maximum Gasteiger partial charge on any atom is 0.178 e. The number of hydrogen-bond donors (Lipinski definition) is 0. The van der Waals surface area contributed by atoms with Crippen molar-refractivity contribution in [2.75, 3.05) is 13.1 Å². The summed E-state index contributed by atoms with van der Waals surface area (Å²) in [4.78, 5) is 19.9. The van der Waals surface area contributed by atoms with E-state index in [1.165, 1.54) is 12.8 Å². The smallest absolute Gasteiger partial charge is 0.178 e. The molecule has 0 aliphatic carbocycles. The fourth-order valence-electron chi connectivity index (χ4n) is 3.46. The topological polar surface area (TPSA) is 59.7 Å². The van der Waals surface area contributed by atoms with Crippen LogP contribution < -0.4 is 0 Å². The van der Waals surface area contributed by atoms with E-state index in [2.05, 4.69) is 29.4 Å². The number of aromatic nitrogens is 5. The number of nitrogens with zero attached hydrogens (tertiary/aromatic N) is 6. The SMILES string of the molecule is c1ccc(-c2ncc(CN3CCC[C@@H](Cn4ccnc4)C3)cn2)nc1. The Hall–Kier alpha value is -2.60. The third-order valence-corrected chi connectivity index (χ3v) is 4.64. The van der Waals surface area contributed by atoms with Crippen molar-refractivity contribution < 1.29 is 0 Å². The molecule has 1 aliphatic heterocycles. The lowest BCUT2D eigenvalue weighted by Crippen LogP contribution is -2.36. The fraction of sp³-hybridized carbons (Fsp3) is 0.368. The normalized spacial score (nSPS) is 18.3. The molecular weight excluding hydrogens is 312 g/mol. The second-order valence-corrected chi connectivity index (χ2v) is 6.63. The highest BCUT2D eigenvalue weighted by atomic mass is 15.1. The lowest BCUT2D eigenvalue weighted by Gasteiger charge is -2.32. The van der Waals surface area contributed by atoms with Crippen LogP contribution in [0.1, 0.15) is 18.4 Å². The maximum absolute atomic E-state index is 4.48. The number of piperidine rings is 1. The summed E-state index contributed by atoms with van der Waals surface area (Å²) in [6.45, 7) is 4.21. The van der Waals surface area contributed by atoms with Gasteiger partial charge in [-0.25, -0.2) is 15.0 Å². The molecule has 0 radical (unpaired) electrons. The van der Waals surface area contributed by atoms with Crippen LogP contribution >= 0.6 is 0 Å². The first kappa shape index (κ1) is 15.9. The standard InChI is InChI=1S/C19H22N6/c1-2-6-21-18(5-1)19-22-10-17(11-23-19)14-24-8-3-4-16(12-24)13-25-9-7-20-15-25/h1-2,5-7,9-11,15-16H,3-4,8,12-14H2/t16-/m1/s1. The van der Waals surface area contributed by atoms with E-state index >= 15 is 0 Å². The molecule has 6 nitrogen and oxygen atoms in total. The second-order valence-electron chi connectivity index (χ2n) is 6.63. The minimum atomic E-state index is 0.677. The molecule has 0 amide bonds. The van der Waals surface area contributed by atoms with Crippen LogP contribution in [0, 0.1) is 5.92 Å². The van der Waals surface area contributed by atoms with Crippen LogP contribution in [0.15, 0.2) is 55.5 Å². The Bertz CT molecular complexity index is 769. The van der Waals surface area contributed by atoms with Gasteiger partial charge in [0.25, 0.3) is 0 Å². The van der Waals surface area contributed by atoms with Crippen LogP contribution in [-0.2, 0) is 13.1 Å². The van der Waals surface area contributed by atoms with Crippen LogP contribution in [-0.4, -0.2) is 42.5 Å². The Morgan fingerprint density at radius 2 is 2.00 bits per heavy atom. The number of imidazole rings is 1. The number of pyridine rings is 1. The quantitative estimate of drug-likeness (QED) is 0.718. The molecule has 0 aromatic carbocycles. The molecule has 1 saturated heterocycles. The van der Waals surface area contributed by atoms with Gasteiger partial charge in [0.05, 0.1) is 6.33 Å². The Morgan fingerprint density at radius 1 is 1.08 bits per heavy atom. The highest BCUT2D eigenvalue weighted by molar-refractivity contribution is 5.47. The van der Waals surface area contributed by atoms with E-state index in [-0.39, 0.29) is 0 Å². The third-order valence-electron chi connectivity index (χ3n) is 4.64. The van der Waals surface area contributed by atoms with E-state index < -0.39 is 0 Å². The number of hydrogen-bond acceptors (Lipinski definition) is 5. The molecule has 0 bridgehead atoms. The third kappa shape index (κ3) is 4.09. The van der Waals surface area contributed by atoms with Crippen LogP contribution in [0.4, 0.5) is 0 Å². The van der Waals surface area contributed by atoms with Crippen molar-refractivity contribution in [2.24, 2.45) is 5.92 Å². The molecule has 6 heteroatoms.